The molecule has 1 N–H and O–H groups in total. The van der Waals surface area contributed by atoms with E-state index in [9.17, 15) is 5.11 Å². The number of hydrogen-bond donors (Lipinski definition) is 1. The molecule has 0 aliphatic carbocycles. The van der Waals surface area contributed by atoms with Crippen LogP contribution in [-0.4, -0.2) is 33.8 Å². The van der Waals surface area contributed by atoms with Gasteiger partial charge in [0, 0.05) is 5.75 Å². The molecule has 20 heavy (non-hydrogen) atoms. The number of aliphatic hydroxyl groups is 1. The lowest BCUT2D eigenvalue weighted by molar-refractivity contribution is 0.106. The summed E-state index contributed by atoms with van der Waals surface area (Å²) >= 11 is 1.35. The maximum Gasteiger partial charge on any atom is 0.276 e. The molecule has 0 amide bonds. The first kappa shape index (κ1) is 14.9. The Labute approximate surface area is 122 Å². The van der Waals surface area contributed by atoms with Crippen LogP contribution < -0.4 is 4.74 Å². The van der Waals surface area contributed by atoms with Gasteiger partial charge in [-0.15, -0.1) is 10.2 Å². The fourth-order valence-corrected chi connectivity index (χ4v) is 2.25. The fourth-order valence-electron chi connectivity index (χ4n) is 1.52. The van der Waals surface area contributed by atoms with E-state index in [4.69, 9.17) is 9.15 Å². The van der Waals surface area contributed by atoms with Crippen LogP contribution in [0.3, 0.4) is 0 Å². The Kier molecular flexibility index (Phi) is 4.67. The van der Waals surface area contributed by atoms with Crippen molar-refractivity contribution < 1.29 is 14.3 Å². The molecule has 0 fully saturated rings. The molecule has 0 spiro atoms. The highest BCUT2D eigenvalue weighted by Crippen LogP contribution is 2.22. The molecule has 0 aliphatic heterocycles. The third-order valence-corrected chi connectivity index (χ3v) is 3.77. The minimum absolute atomic E-state index is 0.482. The number of ether oxygens (including phenoxy) is 1. The Bertz CT molecular complexity index is 546. The summed E-state index contributed by atoms with van der Waals surface area (Å²) in [5.74, 6) is 1.89. The lowest BCUT2D eigenvalue weighted by atomic mass is 10.1. The second kappa shape index (κ2) is 6.28. The van der Waals surface area contributed by atoms with Crippen molar-refractivity contribution in [3.8, 4) is 5.75 Å². The van der Waals surface area contributed by atoms with Gasteiger partial charge >= 0.3 is 0 Å². The van der Waals surface area contributed by atoms with Crippen LogP contribution in [0.2, 0.25) is 0 Å². The summed E-state index contributed by atoms with van der Waals surface area (Å²) in [6.45, 7) is 3.49. The van der Waals surface area contributed by atoms with Gasteiger partial charge < -0.3 is 14.3 Å². The number of nitrogens with zero attached hydrogens (tertiary/aromatic N) is 2. The Hall–Kier alpha value is -1.53. The largest absolute Gasteiger partial charge is 0.497 e. The lowest BCUT2D eigenvalue weighted by Crippen LogP contribution is -2.21. The average molecular weight is 294 g/mol. The molecule has 0 aliphatic rings. The van der Waals surface area contributed by atoms with Crippen molar-refractivity contribution in [2.75, 3.05) is 12.9 Å². The number of thioether (sulfide) groups is 1. The normalized spacial score (nSPS) is 11.6. The minimum Gasteiger partial charge on any atom is -0.497 e. The van der Waals surface area contributed by atoms with Gasteiger partial charge in [0.15, 0.2) is 0 Å². The van der Waals surface area contributed by atoms with Crippen LogP contribution in [0.25, 0.3) is 0 Å². The van der Waals surface area contributed by atoms with E-state index in [1.807, 2.05) is 24.3 Å². The highest BCUT2D eigenvalue weighted by molar-refractivity contribution is 7.99. The Balaban J connectivity index is 1.94. The first-order valence-corrected chi connectivity index (χ1v) is 7.25. The van der Waals surface area contributed by atoms with Crippen molar-refractivity contribution in [1.29, 1.82) is 0 Å². The summed E-state index contributed by atoms with van der Waals surface area (Å²) in [4.78, 5) is 0. The molecule has 6 heteroatoms. The molecule has 1 aromatic carbocycles. The number of rotatable bonds is 6. The number of aromatic nitrogens is 2. The smallest absolute Gasteiger partial charge is 0.276 e. The summed E-state index contributed by atoms with van der Waals surface area (Å²) in [6.07, 6.45) is 0.583. The van der Waals surface area contributed by atoms with Gasteiger partial charge in [-0.05, 0) is 31.5 Å². The van der Waals surface area contributed by atoms with E-state index in [1.54, 1.807) is 21.0 Å². The van der Waals surface area contributed by atoms with E-state index in [2.05, 4.69) is 10.2 Å². The molecule has 0 radical (unpaired) electrons. The molecule has 108 valence electrons. The highest BCUT2D eigenvalue weighted by Gasteiger charge is 2.16. The summed E-state index contributed by atoms with van der Waals surface area (Å²) in [5, 5.41) is 18.1. The van der Waals surface area contributed by atoms with Crippen molar-refractivity contribution in [2.24, 2.45) is 0 Å². The summed E-state index contributed by atoms with van der Waals surface area (Å²) in [5.41, 5.74) is 0.323. The fraction of sp³-hybridized carbons (Fsp3) is 0.429. The minimum atomic E-state index is -0.755. The van der Waals surface area contributed by atoms with Crippen LogP contribution in [0.4, 0.5) is 0 Å². The van der Waals surface area contributed by atoms with Crippen LogP contribution in [0.5, 0.6) is 5.75 Å². The van der Waals surface area contributed by atoms with Gasteiger partial charge in [-0.1, -0.05) is 23.9 Å². The summed E-state index contributed by atoms with van der Waals surface area (Å²) in [6, 6.07) is 7.73. The quantitative estimate of drug-likeness (QED) is 0.826. The van der Waals surface area contributed by atoms with Crippen LogP contribution in [-0.2, 0) is 6.42 Å². The molecule has 2 rings (SSSR count). The number of benzene rings is 1. The van der Waals surface area contributed by atoms with Gasteiger partial charge in [0.1, 0.15) is 5.75 Å². The van der Waals surface area contributed by atoms with Crippen molar-refractivity contribution in [3.05, 3.63) is 35.7 Å². The zero-order chi connectivity index (χ0) is 14.6. The van der Waals surface area contributed by atoms with Gasteiger partial charge in [0.25, 0.3) is 5.22 Å². The molecule has 5 nitrogen and oxygen atoms in total. The zero-order valence-corrected chi connectivity index (χ0v) is 12.6. The second-order valence-electron chi connectivity index (χ2n) is 5.09. The molecule has 1 heterocycles. The molecule has 0 atom stereocenters. The van der Waals surface area contributed by atoms with E-state index >= 15 is 0 Å². The monoisotopic (exact) mass is 294 g/mol. The zero-order valence-electron chi connectivity index (χ0n) is 11.8. The lowest BCUT2D eigenvalue weighted by Gasteiger charge is -2.13. The van der Waals surface area contributed by atoms with E-state index in [-0.39, 0.29) is 0 Å². The van der Waals surface area contributed by atoms with E-state index in [1.165, 1.54) is 11.8 Å². The van der Waals surface area contributed by atoms with E-state index in [0.29, 0.717) is 23.3 Å². The first-order chi connectivity index (χ1) is 9.46. The number of methoxy groups -OCH3 is 1. The predicted molar refractivity (Wildman–Crippen MR) is 77.1 cm³/mol. The first-order valence-electron chi connectivity index (χ1n) is 6.27. The highest BCUT2D eigenvalue weighted by atomic mass is 32.2. The molecule has 0 unspecified atom stereocenters. The second-order valence-corrected chi connectivity index (χ2v) is 6.01. The van der Waals surface area contributed by atoms with E-state index in [0.717, 1.165) is 11.3 Å². The maximum atomic E-state index is 9.65. The van der Waals surface area contributed by atoms with Crippen LogP contribution in [0, 0.1) is 0 Å². The Morgan fingerprint density at radius 1 is 1.25 bits per heavy atom. The summed E-state index contributed by atoms with van der Waals surface area (Å²) in [7, 11) is 1.64. The van der Waals surface area contributed by atoms with Crippen LogP contribution in [0.1, 0.15) is 25.3 Å². The maximum absolute atomic E-state index is 9.65. The molecule has 2 aromatic rings. The van der Waals surface area contributed by atoms with Crippen molar-refractivity contribution in [1.82, 2.24) is 10.2 Å². The average Bonchev–Trinajstić information content (AvgIpc) is 2.84. The molecular weight excluding hydrogens is 276 g/mol. The van der Waals surface area contributed by atoms with Gasteiger partial charge in [0.2, 0.25) is 5.89 Å². The van der Waals surface area contributed by atoms with Gasteiger partial charge in [0.05, 0.1) is 19.1 Å². The molecule has 0 saturated carbocycles. The van der Waals surface area contributed by atoms with Gasteiger partial charge in [-0.25, -0.2) is 0 Å². The Morgan fingerprint density at radius 3 is 2.55 bits per heavy atom. The topological polar surface area (TPSA) is 68.4 Å². The van der Waals surface area contributed by atoms with Crippen molar-refractivity contribution >= 4 is 11.8 Å². The number of hydrogen-bond acceptors (Lipinski definition) is 6. The summed E-state index contributed by atoms with van der Waals surface area (Å²) < 4.78 is 10.6. The molecule has 1 aromatic heterocycles. The Morgan fingerprint density at radius 2 is 1.95 bits per heavy atom. The molecule has 0 saturated heterocycles. The van der Waals surface area contributed by atoms with Crippen molar-refractivity contribution in [2.45, 2.75) is 31.1 Å². The van der Waals surface area contributed by atoms with Crippen LogP contribution >= 0.6 is 11.8 Å². The van der Waals surface area contributed by atoms with Crippen molar-refractivity contribution in [3.63, 3.8) is 0 Å². The third-order valence-electron chi connectivity index (χ3n) is 2.51. The SMILES string of the molecule is COc1ccc(Cc2nnc(SCC(C)(C)O)o2)cc1. The standard InChI is InChI=1S/C14H18N2O3S/c1-14(2,17)9-20-13-16-15-12(19-13)8-10-4-6-11(18-3)7-5-10/h4-7,17H,8-9H2,1-3H3. The van der Waals surface area contributed by atoms with Gasteiger partial charge in [-0.2, -0.15) is 0 Å². The molecular formula is C14H18N2O3S. The van der Waals surface area contributed by atoms with Crippen LogP contribution in [0.15, 0.2) is 33.9 Å². The van der Waals surface area contributed by atoms with E-state index < -0.39 is 5.60 Å². The molecule has 0 bridgehead atoms. The predicted octanol–water partition coefficient (Wildman–Crippen LogP) is 2.53. The van der Waals surface area contributed by atoms with Gasteiger partial charge in [-0.3, -0.25) is 0 Å². The third kappa shape index (κ3) is 4.54.